The van der Waals surface area contributed by atoms with Crippen LogP contribution < -0.4 is 5.73 Å². The Balaban J connectivity index is 2.11. The Morgan fingerprint density at radius 3 is 2.60 bits per heavy atom. The van der Waals surface area contributed by atoms with E-state index in [1.54, 1.807) is 11.3 Å². The van der Waals surface area contributed by atoms with Gasteiger partial charge in [0.15, 0.2) is 0 Å². The molecule has 1 aromatic carbocycles. The van der Waals surface area contributed by atoms with E-state index in [0.717, 1.165) is 38.9 Å². The summed E-state index contributed by atoms with van der Waals surface area (Å²) < 4.78 is 1.97. The Morgan fingerprint density at radius 1 is 1.30 bits per heavy atom. The van der Waals surface area contributed by atoms with Crippen LogP contribution in [0.2, 0.25) is 0 Å². The summed E-state index contributed by atoms with van der Waals surface area (Å²) in [5.74, 6) is 0. The molecule has 3 aromatic rings. The number of aryl methyl sites for hydroxylation is 2. The number of rotatable bonds is 3. The van der Waals surface area contributed by atoms with Crippen molar-refractivity contribution in [2.45, 2.75) is 33.2 Å². The van der Waals surface area contributed by atoms with Crippen LogP contribution in [0.5, 0.6) is 0 Å². The van der Waals surface area contributed by atoms with Crippen LogP contribution in [0.25, 0.3) is 16.2 Å². The van der Waals surface area contributed by atoms with Crippen molar-refractivity contribution < 1.29 is 0 Å². The maximum Gasteiger partial charge on any atom is 0.212 e. The fourth-order valence-corrected chi connectivity index (χ4v) is 3.14. The Labute approximate surface area is 122 Å². The zero-order chi connectivity index (χ0) is 14.3. The third-order valence-corrected chi connectivity index (χ3v) is 4.27. The van der Waals surface area contributed by atoms with E-state index in [9.17, 15) is 0 Å². The number of hydrogen-bond acceptors (Lipinski definition) is 4. The minimum absolute atomic E-state index is 0.0597. The number of imidazole rings is 1. The average molecular weight is 286 g/mol. The van der Waals surface area contributed by atoms with Gasteiger partial charge in [0.25, 0.3) is 0 Å². The first-order valence-electron chi connectivity index (χ1n) is 6.81. The molecule has 0 saturated carbocycles. The molecule has 5 heteroatoms. The molecule has 20 heavy (non-hydrogen) atoms. The van der Waals surface area contributed by atoms with Crippen LogP contribution in [0.15, 0.2) is 24.3 Å². The summed E-state index contributed by atoms with van der Waals surface area (Å²) in [7, 11) is 0. The predicted octanol–water partition coefficient (Wildman–Crippen LogP) is 3.35. The fraction of sp³-hybridized carbons (Fsp3) is 0.333. The van der Waals surface area contributed by atoms with Gasteiger partial charge in [-0.3, -0.25) is 0 Å². The van der Waals surface area contributed by atoms with Crippen molar-refractivity contribution in [1.29, 1.82) is 0 Å². The van der Waals surface area contributed by atoms with Gasteiger partial charge in [-0.05, 0) is 25.8 Å². The monoisotopic (exact) mass is 286 g/mol. The smallest absolute Gasteiger partial charge is 0.212 e. The average Bonchev–Trinajstić information content (AvgIpc) is 2.94. The second-order valence-electron chi connectivity index (χ2n) is 4.99. The highest BCUT2D eigenvalue weighted by Crippen LogP contribution is 2.28. The lowest BCUT2D eigenvalue weighted by Gasteiger charge is -2.06. The van der Waals surface area contributed by atoms with E-state index in [1.165, 1.54) is 0 Å². The Hall–Kier alpha value is -1.72. The summed E-state index contributed by atoms with van der Waals surface area (Å²) in [4.78, 5) is 5.70. The lowest BCUT2D eigenvalue weighted by Crippen LogP contribution is -2.04. The highest BCUT2D eigenvalue weighted by Gasteiger charge is 2.15. The first-order valence-corrected chi connectivity index (χ1v) is 7.62. The molecule has 0 aliphatic heterocycles. The van der Waals surface area contributed by atoms with E-state index in [0.29, 0.717) is 0 Å². The molecule has 1 atom stereocenters. The summed E-state index contributed by atoms with van der Waals surface area (Å²) in [6.07, 6.45) is 0.911. The third-order valence-electron chi connectivity index (χ3n) is 3.44. The lowest BCUT2D eigenvalue weighted by atomic mass is 10.0. The maximum atomic E-state index is 5.89. The van der Waals surface area contributed by atoms with E-state index < -0.39 is 0 Å². The van der Waals surface area contributed by atoms with Gasteiger partial charge in [0, 0.05) is 11.6 Å². The zero-order valence-corrected chi connectivity index (χ0v) is 12.7. The van der Waals surface area contributed by atoms with Gasteiger partial charge in [0.05, 0.1) is 11.4 Å². The van der Waals surface area contributed by atoms with Crippen LogP contribution in [0.3, 0.4) is 0 Å². The summed E-state index contributed by atoms with van der Waals surface area (Å²) in [5, 5.41) is 5.57. The Kier molecular flexibility index (Phi) is 3.31. The van der Waals surface area contributed by atoms with E-state index in [1.807, 2.05) is 18.4 Å². The number of benzene rings is 1. The number of aromatic nitrogens is 3. The number of nitrogens with two attached hydrogens (primary N) is 1. The minimum atomic E-state index is 0.0597. The van der Waals surface area contributed by atoms with E-state index >= 15 is 0 Å². The van der Waals surface area contributed by atoms with Crippen LogP contribution in [-0.4, -0.2) is 14.6 Å². The van der Waals surface area contributed by atoms with Crippen molar-refractivity contribution >= 4 is 16.3 Å². The molecule has 4 nitrogen and oxygen atoms in total. The van der Waals surface area contributed by atoms with Crippen molar-refractivity contribution in [3.8, 4) is 11.3 Å². The van der Waals surface area contributed by atoms with Crippen LogP contribution in [0.4, 0.5) is 0 Å². The lowest BCUT2D eigenvalue weighted by molar-refractivity contribution is 0.818. The summed E-state index contributed by atoms with van der Waals surface area (Å²) in [6.45, 7) is 6.14. The van der Waals surface area contributed by atoms with Gasteiger partial charge in [0.1, 0.15) is 5.01 Å². The highest BCUT2D eigenvalue weighted by molar-refractivity contribution is 7.16. The molecular formula is C15H18N4S. The SMILES string of the molecule is CCc1c(-c2ccc(C(C)N)cc2)nc2sc(C)nn12. The van der Waals surface area contributed by atoms with Gasteiger partial charge in [0.2, 0.25) is 4.96 Å². The molecule has 0 aliphatic rings. The minimum Gasteiger partial charge on any atom is -0.324 e. The largest absolute Gasteiger partial charge is 0.324 e. The van der Waals surface area contributed by atoms with E-state index in [-0.39, 0.29) is 6.04 Å². The van der Waals surface area contributed by atoms with Crippen molar-refractivity contribution in [2.24, 2.45) is 5.73 Å². The van der Waals surface area contributed by atoms with E-state index in [2.05, 4.69) is 36.3 Å². The van der Waals surface area contributed by atoms with Crippen LogP contribution in [0.1, 0.15) is 36.2 Å². The molecule has 0 aliphatic carbocycles. The van der Waals surface area contributed by atoms with Crippen molar-refractivity contribution in [2.75, 3.05) is 0 Å². The van der Waals surface area contributed by atoms with Gasteiger partial charge in [-0.1, -0.05) is 42.5 Å². The molecule has 104 valence electrons. The molecule has 1 unspecified atom stereocenters. The normalized spacial score (nSPS) is 13.0. The molecule has 0 amide bonds. The molecule has 0 fully saturated rings. The van der Waals surface area contributed by atoms with Crippen molar-refractivity contribution in [3.05, 3.63) is 40.5 Å². The highest BCUT2D eigenvalue weighted by atomic mass is 32.1. The molecule has 0 spiro atoms. The Bertz CT molecular complexity index is 737. The fourth-order valence-electron chi connectivity index (χ4n) is 2.38. The molecule has 0 radical (unpaired) electrons. The second-order valence-corrected chi connectivity index (χ2v) is 6.15. The van der Waals surface area contributed by atoms with E-state index in [4.69, 9.17) is 10.7 Å². The molecule has 2 N–H and O–H groups in total. The molecule has 2 heterocycles. The zero-order valence-electron chi connectivity index (χ0n) is 11.9. The van der Waals surface area contributed by atoms with Gasteiger partial charge in [-0.2, -0.15) is 5.10 Å². The topological polar surface area (TPSA) is 56.2 Å². The quantitative estimate of drug-likeness (QED) is 0.803. The molecule has 3 rings (SSSR count). The van der Waals surface area contributed by atoms with Crippen molar-refractivity contribution in [3.63, 3.8) is 0 Å². The standard InChI is InChI=1S/C15H18N4S/c1-4-13-14(17-15-19(13)18-10(3)20-15)12-7-5-11(6-8-12)9(2)16/h5-9H,4,16H2,1-3H3. The van der Waals surface area contributed by atoms with Gasteiger partial charge in [-0.25, -0.2) is 9.50 Å². The number of hydrogen-bond donors (Lipinski definition) is 1. The summed E-state index contributed by atoms with van der Waals surface area (Å²) >= 11 is 1.63. The molecule has 2 aromatic heterocycles. The molecule has 0 saturated heterocycles. The first kappa shape index (κ1) is 13.3. The summed E-state index contributed by atoms with van der Waals surface area (Å²) in [6, 6.07) is 8.40. The molecule has 0 bridgehead atoms. The maximum absolute atomic E-state index is 5.89. The van der Waals surface area contributed by atoms with Crippen molar-refractivity contribution in [1.82, 2.24) is 14.6 Å². The van der Waals surface area contributed by atoms with Crippen LogP contribution >= 0.6 is 11.3 Å². The number of fused-ring (bicyclic) bond motifs is 1. The second kappa shape index (κ2) is 5.00. The van der Waals surface area contributed by atoms with Crippen LogP contribution in [0, 0.1) is 6.92 Å². The Morgan fingerprint density at radius 2 is 2.00 bits per heavy atom. The van der Waals surface area contributed by atoms with Crippen LogP contribution in [-0.2, 0) is 6.42 Å². The van der Waals surface area contributed by atoms with Gasteiger partial charge in [-0.15, -0.1) is 0 Å². The predicted molar refractivity (Wildman–Crippen MR) is 83.0 cm³/mol. The van der Waals surface area contributed by atoms with Gasteiger partial charge < -0.3 is 5.73 Å². The van der Waals surface area contributed by atoms with Gasteiger partial charge >= 0.3 is 0 Å². The summed E-state index contributed by atoms with van der Waals surface area (Å²) in [5.41, 5.74) is 10.4. The molecular weight excluding hydrogens is 268 g/mol. The third kappa shape index (κ3) is 2.13. The first-order chi connectivity index (χ1) is 9.60. The number of nitrogens with zero attached hydrogens (tertiary/aromatic N) is 3.